The fraction of sp³-hybridized carbons (Fsp3) is 0.818. The third-order valence-corrected chi connectivity index (χ3v) is 4.67. The first-order valence-corrected chi connectivity index (χ1v) is 7.57. The number of urea groups is 1. The van der Waals surface area contributed by atoms with Crippen LogP contribution in [0.3, 0.4) is 0 Å². The van der Waals surface area contributed by atoms with Crippen molar-refractivity contribution in [2.45, 2.75) is 31.4 Å². The van der Waals surface area contributed by atoms with E-state index in [4.69, 9.17) is 5.11 Å². The van der Waals surface area contributed by atoms with Crippen LogP contribution in [0.5, 0.6) is 0 Å². The average Bonchev–Trinajstić information content (AvgIpc) is 3.07. The fourth-order valence-electron chi connectivity index (χ4n) is 1.48. The van der Waals surface area contributed by atoms with Crippen molar-refractivity contribution in [2.75, 3.05) is 19.3 Å². The fourth-order valence-corrected chi connectivity index (χ4v) is 1.93. The van der Waals surface area contributed by atoms with Crippen molar-refractivity contribution in [2.24, 2.45) is 5.41 Å². The summed E-state index contributed by atoms with van der Waals surface area (Å²) in [6, 6.07) is -0.364. The smallest absolute Gasteiger partial charge is 0.314 e. The predicted octanol–water partition coefficient (Wildman–Crippen LogP) is 0.308. The highest BCUT2D eigenvalue weighted by Gasteiger charge is 2.50. The summed E-state index contributed by atoms with van der Waals surface area (Å²) in [5.74, 6) is -0.849. The van der Waals surface area contributed by atoms with Gasteiger partial charge in [-0.05, 0) is 19.3 Å². The first kappa shape index (κ1) is 14.9. The van der Waals surface area contributed by atoms with Crippen molar-refractivity contribution >= 4 is 22.8 Å². The van der Waals surface area contributed by atoms with Gasteiger partial charge in [0.05, 0.1) is 5.41 Å². The molecule has 7 heteroatoms. The lowest BCUT2D eigenvalue weighted by molar-refractivity contribution is -0.143. The zero-order valence-electron chi connectivity index (χ0n) is 10.7. The highest BCUT2D eigenvalue weighted by molar-refractivity contribution is 7.84. The van der Waals surface area contributed by atoms with Crippen molar-refractivity contribution in [3.8, 4) is 0 Å². The van der Waals surface area contributed by atoms with Gasteiger partial charge < -0.3 is 15.7 Å². The molecule has 104 valence electrons. The van der Waals surface area contributed by atoms with Crippen LogP contribution in [-0.4, -0.2) is 45.9 Å². The molecule has 0 spiro atoms. The number of nitrogens with one attached hydrogen (secondary N) is 2. The summed E-state index contributed by atoms with van der Waals surface area (Å²) in [7, 11) is -0.888. The molecule has 1 fully saturated rings. The number of carboxylic acid groups (broad SMARTS) is 1. The van der Waals surface area contributed by atoms with E-state index in [9.17, 15) is 13.8 Å². The van der Waals surface area contributed by atoms with Crippen molar-refractivity contribution in [1.29, 1.82) is 0 Å². The SMILES string of the molecule is CC(CCNC(=O)NCC1(C(=O)O)CC1)S(C)=O. The lowest BCUT2D eigenvalue weighted by Crippen LogP contribution is -2.41. The van der Waals surface area contributed by atoms with E-state index < -0.39 is 22.2 Å². The van der Waals surface area contributed by atoms with Gasteiger partial charge in [-0.2, -0.15) is 0 Å². The van der Waals surface area contributed by atoms with Crippen LogP contribution >= 0.6 is 0 Å². The normalized spacial score (nSPS) is 19.7. The molecule has 0 heterocycles. The molecule has 2 unspecified atom stereocenters. The molecule has 3 N–H and O–H groups in total. The van der Waals surface area contributed by atoms with Gasteiger partial charge in [0.2, 0.25) is 0 Å². The maximum atomic E-state index is 11.4. The number of amides is 2. The summed E-state index contributed by atoms with van der Waals surface area (Å²) in [4.78, 5) is 22.3. The summed E-state index contributed by atoms with van der Waals surface area (Å²) >= 11 is 0. The molecule has 6 nitrogen and oxygen atoms in total. The zero-order valence-corrected chi connectivity index (χ0v) is 11.5. The Hall–Kier alpha value is -1.11. The maximum absolute atomic E-state index is 11.4. The van der Waals surface area contributed by atoms with Crippen molar-refractivity contribution < 1.29 is 18.9 Å². The standard InChI is InChI=1S/C11H20N2O4S/c1-8(18(2)17)3-6-12-10(16)13-7-11(4-5-11)9(14)15/h8H,3-7H2,1-2H3,(H,14,15)(H2,12,13,16). The quantitative estimate of drug-likeness (QED) is 0.623. The second-order valence-corrected chi connectivity index (χ2v) is 6.59. The number of carbonyl (C=O) groups excluding carboxylic acids is 1. The summed E-state index contributed by atoms with van der Waals surface area (Å²) in [5.41, 5.74) is -0.741. The van der Waals surface area contributed by atoms with E-state index in [-0.39, 0.29) is 17.8 Å². The van der Waals surface area contributed by atoms with Crippen LogP contribution in [0.4, 0.5) is 4.79 Å². The summed E-state index contributed by atoms with van der Waals surface area (Å²) in [5, 5.41) is 14.2. The van der Waals surface area contributed by atoms with Crippen LogP contribution in [0.1, 0.15) is 26.2 Å². The lowest BCUT2D eigenvalue weighted by Gasteiger charge is -2.13. The maximum Gasteiger partial charge on any atom is 0.314 e. The minimum atomic E-state index is -0.888. The average molecular weight is 276 g/mol. The highest BCUT2D eigenvalue weighted by Crippen LogP contribution is 2.45. The molecular weight excluding hydrogens is 256 g/mol. The Balaban J connectivity index is 2.15. The molecule has 0 aliphatic heterocycles. The number of aliphatic carboxylic acids is 1. The molecule has 1 aliphatic rings. The third kappa shape index (κ3) is 4.29. The molecule has 1 aliphatic carbocycles. The van der Waals surface area contributed by atoms with E-state index in [1.54, 1.807) is 6.26 Å². The largest absolute Gasteiger partial charge is 0.481 e. The summed E-state index contributed by atoms with van der Waals surface area (Å²) in [6.45, 7) is 2.47. The Morgan fingerprint density at radius 1 is 1.39 bits per heavy atom. The van der Waals surface area contributed by atoms with E-state index in [2.05, 4.69) is 10.6 Å². The molecule has 0 aromatic heterocycles. The molecular formula is C11H20N2O4S. The Morgan fingerprint density at radius 2 is 2.00 bits per heavy atom. The topological polar surface area (TPSA) is 95.5 Å². The Labute approximate surface area is 109 Å². The molecule has 18 heavy (non-hydrogen) atoms. The van der Waals surface area contributed by atoms with Crippen molar-refractivity contribution in [3.05, 3.63) is 0 Å². The molecule has 1 saturated carbocycles. The van der Waals surface area contributed by atoms with Crippen LogP contribution in [0, 0.1) is 5.41 Å². The first-order valence-electron chi connectivity index (χ1n) is 5.95. The predicted molar refractivity (Wildman–Crippen MR) is 68.8 cm³/mol. The van der Waals surface area contributed by atoms with Crippen LogP contribution in [0.15, 0.2) is 0 Å². The Bertz CT molecular complexity index is 355. The van der Waals surface area contributed by atoms with E-state index in [0.29, 0.717) is 25.8 Å². The lowest BCUT2D eigenvalue weighted by atomic mass is 10.1. The van der Waals surface area contributed by atoms with Gasteiger partial charge in [-0.15, -0.1) is 0 Å². The van der Waals surface area contributed by atoms with E-state index in [1.165, 1.54) is 0 Å². The Kier molecular flexibility index (Phi) is 5.13. The van der Waals surface area contributed by atoms with Crippen LogP contribution in [0.25, 0.3) is 0 Å². The summed E-state index contributed by atoms with van der Waals surface area (Å²) in [6.07, 6.45) is 3.51. The van der Waals surface area contributed by atoms with E-state index in [1.807, 2.05) is 6.92 Å². The van der Waals surface area contributed by atoms with Crippen LogP contribution in [-0.2, 0) is 15.6 Å². The Morgan fingerprint density at radius 3 is 2.44 bits per heavy atom. The molecule has 0 bridgehead atoms. The minimum Gasteiger partial charge on any atom is -0.481 e. The van der Waals surface area contributed by atoms with Gasteiger partial charge in [-0.3, -0.25) is 9.00 Å². The molecule has 0 aromatic rings. The van der Waals surface area contributed by atoms with E-state index in [0.717, 1.165) is 0 Å². The van der Waals surface area contributed by atoms with Gasteiger partial charge >= 0.3 is 12.0 Å². The second-order valence-electron chi connectivity index (χ2n) is 4.79. The highest BCUT2D eigenvalue weighted by atomic mass is 32.2. The summed E-state index contributed by atoms with van der Waals surface area (Å²) < 4.78 is 11.1. The van der Waals surface area contributed by atoms with Gasteiger partial charge in [0.25, 0.3) is 0 Å². The van der Waals surface area contributed by atoms with Crippen molar-refractivity contribution in [1.82, 2.24) is 10.6 Å². The van der Waals surface area contributed by atoms with Crippen LogP contribution < -0.4 is 10.6 Å². The monoisotopic (exact) mass is 276 g/mol. The first-order chi connectivity index (χ1) is 8.37. The number of hydrogen-bond acceptors (Lipinski definition) is 3. The van der Waals surface area contributed by atoms with Gasteiger partial charge in [-0.25, -0.2) is 4.79 Å². The van der Waals surface area contributed by atoms with Gasteiger partial charge in [-0.1, -0.05) is 6.92 Å². The molecule has 2 amide bonds. The molecule has 0 aromatic carbocycles. The van der Waals surface area contributed by atoms with Crippen LogP contribution in [0.2, 0.25) is 0 Å². The van der Waals surface area contributed by atoms with Gasteiger partial charge in [0, 0.05) is 35.4 Å². The molecule has 1 rings (SSSR count). The minimum absolute atomic E-state index is 0.0408. The second kappa shape index (κ2) is 6.17. The molecule has 0 radical (unpaired) electrons. The number of rotatable bonds is 7. The zero-order chi connectivity index (χ0) is 13.8. The number of carbonyl (C=O) groups is 2. The van der Waals surface area contributed by atoms with Crippen molar-refractivity contribution in [3.63, 3.8) is 0 Å². The van der Waals surface area contributed by atoms with Gasteiger partial charge in [0.1, 0.15) is 0 Å². The number of hydrogen-bond donors (Lipinski definition) is 3. The third-order valence-electron chi connectivity index (χ3n) is 3.30. The number of carboxylic acids is 1. The van der Waals surface area contributed by atoms with Gasteiger partial charge in [0.15, 0.2) is 0 Å². The van der Waals surface area contributed by atoms with E-state index >= 15 is 0 Å². The molecule has 2 atom stereocenters. The molecule has 0 saturated heterocycles.